The molecule has 1 aliphatic rings. The highest BCUT2D eigenvalue weighted by molar-refractivity contribution is 5.73. The molecule has 2 N–H and O–H groups in total. The Balaban J connectivity index is 1.45. The number of likely N-dealkylation sites (tertiary alicyclic amines) is 1. The van der Waals surface area contributed by atoms with Gasteiger partial charge in [0, 0.05) is 38.6 Å². The molecule has 0 aromatic carbocycles. The van der Waals surface area contributed by atoms with Gasteiger partial charge in [0.1, 0.15) is 0 Å². The lowest BCUT2D eigenvalue weighted by Crippen LogP contribution is -2.42. The SMILES string of the molecule is O=C(NCCCn1cccn1)NCCN1CCCCC1. The molecule has 0 radical (unpaired) electrons. The highest BCUT2D eigenvalue weighted by Gasteiger charge is 2.09. The number of nitrogens with zero attached hydrogens (tertiary/aromatic N) is 3. The molecule has 0 atom stereocenters. The van der Waals surface area contributed by atoms with Crippen LogP contribution in [0.4, 0.5) is 4.79 Å². The van der Waals surface area contributed by atoms with Crippen LogP contribution in [0.2, 0.25) is 0 Å². The molecule has 1 saturated heterocycles. The van der Waals surface area contributed by atoms with Crippen molar-refractivity contribution in [3.63, 3.8) is 0 Å². The van der Waals surface area contributed by atoms with Crippen molar-refractivity contribution in [3.05, 3.63) is 18.5 Å². The number of aromatic nitrogens is 2. The highest BCUT2D eigenvalue weighted by Crippen LogP contribution is 2.07. The molecule has 6 heteroatoms. The standard InChI is InChI=1S/C14H25N5O/c20-14(15-6-4-11-19-12-5-7-17-19)16-8-13-18-9-2-1-3-10-18/h5,7,12H,1-4,6,8-11,13H2,(H2,15,16,20). The van der Waals surface area contributed by atoms with Crippen LogP contribution in [0.25, 0.3) is 0 Å². The van der Waals surface area contributed by atoms with Crippen molar-refractivity contribution < 1.29 is 4.79 Å². The molecule has 2 heterocycles. The molecule has 1 aromatic rings. The minimum absolute atomic E-state index is 0.0672. The van der Waals surface area contributed by atoms with Crippen LogP contribution >= 0.6 is 0 Å². The van der Waals surface area contributed by atoms with Crippen LogP contribution in [0.5, 0.6) is 0 Å². The number of rotatable bonds is 7. The predicted octanol–water partition coefficient (Wildman–Crippen LogP) is 1.06. The Bertz CT molecular complexity index is 373. The summed E-state index contributed by atoms with van der Waals surface area (Å²) in [5.41, 5.74) is 0. The average molecular weight is 279 g/mol. The van der Waals surface area contributed by atoms with Crippen molar-refractivity contribution in [2.24, 2.45) is 0 Å². The highest BCUT2D eigenvalue weighted by atomic mass is 16.2. The van der Waals surface area contributed by atoms with Gasteiger partial charge in [-0.05, 0) is 38.4 Å². The lowest BCUT2D eigenvalue weighted by atomic mass is 10.1. The van der Waals surface area contributed by atoms with Gasteiger partial charge >= 0.3 is 6.03 Å². The van der Waals surface area contributed by atoms with E-state index in [1.54, 1.807) is 6.20 Å². The summed E-state index contributed by atoms with van der Waals surface area (Å²) < 4.78 is 1.87. The second-order valence-electron chi connectivity index (χ2n) is 5.21. The Morgan fingerprint density at radius 3 is 2.65 bits per heavy atom. The van der Waals surface area contributed by atoms with E-state index in [0.29, 0.717) is 6.54 Å². The van der Waals surface area contributed by atoms with Gasteiger partial charge in [-0.3, -0.25) is 4.68 Å². The first kappa shape index (κ1) is 14.8. The van der Waals surface area contributed by atoms with E-state index in [4.69, 9.17) is 0 Å². The first-order valence-corrected chi connectivity index (χ1v) is 7.56. The summed E-state index contributed by atoms with van der Waals surface area (Å²) in [6.07, 6.45) is 8.51. The predicted molar refractivity (Wildman–Crippen MR) is 78.5 cm³/mol. The summed E-state index contributed by atoms with van der Waals surface area (Å²) in [7, 11) is 0. The van der Waals surface area contributed by atoms with E-state index in [1.807, 2.05) is 16.9 Å². The Morgan fingerprint density at radius 1 is 1.10 bits per heavy atom. The largest absolute Gasteiger partial charge is 0.338 e. The number of amides is 2. The Kier molecular flexibility index (Phi) is 6.37. The van der Waals surface area contributed by atoms with Crippen LogP contribution < -0.4 is 10.6 Å². The molecule has 2 amide bonds. The Hall–Kier alpha value is -1.56. The molecule has 20 heavy (non-hydrogen) atoms. The van der Waals surface area contributed by atoms with E-state index < -0.39 is 0 Å². The van der Waals surface area contributed by atoms with Gasteiger partial charge in [0.05, 0.1) is 0 Å². The summed E-state index contributed by atoms with van der Waals surface area (Å²) in [4.78, 5) is 14.0. The fourth-order valence-electron chi connectivity index (χ4n) is 2.45. The molecule has 1 aliphatic heterocycles. The van der Waals surface area contributed by atoms with Gasteiger partial charge in [0.15, 0.2) is 0 Å². The topological polar surface area (TPSA) is 62.2 Å². The van der Waals surface area contributed by atoms with Gasteiger partial charge in [0.2, 0.25) is 0 Å². The Morgan fingerprint density at radius 2 is 1.90 bits per heavy atom. The molecule has 6 nitrogen and oxygen atoms in total. The van der Waals surface area contributed by atoms with Gasteiger partial charge in [0.25, 0.3) is 0 Å². The molecule has 112 valence electrons. The molecular weight excluding hydrogens is 254 g/mol. The lowest BCUT2D eigenvalue weighted by Gasteiger charge is -2.26. The third-order valence-corrected chi connectivity index (χ3v) is 3.57. The molecule has 1 fully saturated rings. The second kappa shape index (κ2) is 8.58. The maximum absolute atomic E-state index is 11.6. The van der Waals surface area contributed by atoms with Crippen molar-refractivity contribution >= 4 is 6.03 Å². The number of hydrogen-bond acceptors (Lipinski definition) is 3. The average Bonchev–Trinajstić information content (AvgIpc) is 2.98. The van der Waals surface area contributed by atoms with E-state index in [2.05, 4.69) is 20.6 Å². The van der Waals surface area contributed by atoms with Crippen LogP contribution in [-0.2, 0) is 6.54 Å². The number of carbonyl (C=O) groups is 1. The van der Waals surface area contributed by atoms with E-state index >= 15 is 0 Å². The van der Waals surface area contributed by atoms with Crippen molar-refractivity contribution in [1.82, 2.24) is 25.3 Å². The fraction of sp³-hybridized carbons (Fsp3) is 0.714. The van der Waals surface area contributed by atoms with Crippen LogP contribution in [0.15, 0.2) is 18.5 Å². The first-order chi connectivity index (χ1) is 9.84. The van der Waals surface area contributed by atoms with Gasteiger partial charge < -0.3 is 15.5 Å². The number of piperidine rings is 1. The summed E-state index contributed by atoms with van der Waals surface area (Å²) in [6.45, 7) is 5.54. The summed E-state index contributed by atoms with van der Waals surface area (Å²) in [5, 5.41) is 9.90. The van der Waals surface area contributed by atoms with Gasteiger partial charge in [-0.15, -0.1) is 0 Å². The normalized spacial score (nSPS) is 16.0. The Labute approximate surface area is 120 Å². The molecule has 0 aliphatic carbocycles. The quantitative estimate of drug-likeness (QED) is 0.734. The van der Waals surface area contributed by atoms with E-state index in [9.17, 15) is 4.79 Å². The van der Waals surface area contributed by atoms with E-state index in [1.165, 1.54) is 32.4 Å². The maximum atomic E-state index is 11.6. The number of aryl methyl sites for hydroxylation is 1. The zero-order chi connectivity index (χ0) is 14.0. The maximum Gasteiger partial charge on any atom is 0.314 e. The van der Waals surface area contributed by atoms with Gasteiger partial charge in [-0.1, -0.05) is 6.42 Å². The molecule has 0 saturated carbocycles. The summed E-state index contributed by atoms with van der Waals surface area (Å²) in [5.74, 6) is 0. The van der Waals surface area contributed by atoms with E-state index in [0.717, 1.165) is 26.1 Å². The zero-order valence-electron chi connectivity index (χ0n) is 12.1. The fourth-order valence-corrected chi connectivity index (χ4v) is 2.45. The van der Waals surface area contributed by atoms with Gasteiger partial charge in [-0.25, -0.2) is 4.79 Å². The second-order valence-corrected chi connectivity index (χ2v) is 5.21. The molecule has 1 aromatic heterocycles. The number of urea groups is 1. The number of nitrogens with one attached hydrogen (secondary N) is 2. The number of hydrogen-bond donors (Lipinski definition) is 2. The minimum Gasteiger partial charge on any atom is -0.338 e. The smallest absolute Gasteiger partial charge is 0.314 e. The monoisotopic (exact) mass is 279 g/mol. The van der Waals surface area contributed by atoms with Crippen molar-refractivity contribution in [3.8, 4) is 0 Å². The van der Waals surface area contributed by atoms with Crippen molar-refractivity contribution in [2.45, 2.75) is 32.2 Å². The van der Waals surface area contributed by atoms with Crippen molar-refractivity contribution in [2.75, 3.05) is 32.7 Å². The van der Waals surface area contributed by atoms with Gasteiger partial charge in [-0.2, -0.15) is 5.10 Å². The summed E-state index contributed by atoms with van der Waals surface area (Å²) >= 11 is 0. The first-order valence-electron chi connectivity index (χ1n) is 7.56. The molecular formula is C14H25N5O. The summed E-state index contributed by atoms with van der Waals surface area (Å²) in [6, 6.07) is 1.84. The number of carbonyl (C=O) groups excluding carboxylic acids is 1. The molecule has 0 unspecified atom stereocenters. The third kappa shape index (κ3) is 5.61. The van der Waals surface area contributed by atoms with E-state index in [-0.39, 0.29) is 6.03 Å². The molecule has 0 spiro atoms. The third-order valence-electron chi connectivity index (χ3n) is 3.57. The van der Waals surface area contributed by atoms with Crippen LogP contribution in [0.1, 0.15) is 25.7 Å². The molecule has 0 bridgehead atoms. The van der Waals surface area contributed by atoms with Crippen LogP contribution in [0.3, 0.4) is 0 Å². The zero-order valence-corrected chi connectivity index (χ0v) is 12.1. The van der Waals surface area contributed by atoms with Crippen molar-refractivity contribution in [1.29, 1.82) is 0 Å². The van der Waals surface area contributed by atoms with Crippen LogP contribution in [0, 0.1) is 0 Å². The minimum atomic E-state index is -0.0672. The van der Waals surface area contributed by atoms with Crippen LogP contribution in [-0.4, -0.2) is 53.4 Å². The molecule has 2 rings (SSSR count). The lowest BCUT2D eigenvalue weighted by molar-refractivity contribution is 0.220.